The summed E-state index contributed by atoms with van der Waals surface area (Å²) in [6, 6.07) is 13.8. The van der Waals surface area contributed by atoms with E-state index in [2.05, 4.69) is 26.2 Å². The van der Waals surface area contributed by atoms with Gasteiger partial charge in [-0.15, -0.1) is 11.3 Å². The van der Waals surface area contributed by atoms with Crippen LogP contribution in [0.15, 0.2) is 63.3 Å². The van der Waals surface area contributed by atoms with Crippen molar-refractivity contribution in [2.24, 2.45) is 0 Å². The molecule has 1 amide bonds. The molecule has 0 radical (unpaired) electrons. The lowest BCUT2D eigenvalue weighted by Gasteiger charge is -2.26. The minimum atomic E-state index is -3.53. The minimum Gasteiger partial charge on any atom is -0.379 e. The van der Waals surface area contributed by atoms with Crippen LogP contribution in [0, 0.1) is 0 Å². The molecule has 2 aromatic carbocycles. The Morgan fingerprint density at radius 1 is 1.10 bits per heavy atom. The molecular formula is C20H18BrN3O4S2. The van der Waals surface area contributed by atoms with E-state index in [-0.39, 0.29) is 10.8 Å². The number of ether oxygens (including phenoxy) is 1. The third kappa shape index (κ3) is 4.47. The van der Waals surface area contributed by atoms with Crippen LogP contribution >= 0.6 is 27.3 Å². The van der Waals surface area contributed by atoms with Gasteiger partial charge < -0.3 is 4.74 Å². The molecule has 2 heterocycles. The van der Waals surface area contributed by atoms with Crippen LogP contribution in [0.3, 0.4) is 0 Å². The molecule has 0 spiro atoms. The molecule has 1 fully saturated rings. The Morgan fingerprint density at radius 3 is 2.50 bits per heavy atom. The Labute approximate surface area is 186 Å². The van der Waals surface area contributed by atoms with E-state index in [1.807, 2.05) is 11.4 Å². The predicted octanol–water partition coefficient (Wildman–Crippen LogP) is 3.85. The van der Waals surface area contributed by atoms with E-state index in [1.165, 1.54) is 15.6 Å². The number of sulfonamides is 1. The number of thiazole rings is 1. The van der Waals surface area contributed by atoms with E-state index in [4.69, 9.17) is 4.74 Å². The van der Waals surface area contributed by atoms with Crippen LogP contribution in [0.25, 0.3) is 11.3 Å². The van der Waals surface area contributed by atoms with Crippen molar-refractivity contribution >= 4 is 48.3 Å². The fraction of sp³-hybridized carbons (Fsp3) is 0.200. The van der Waals surface area contributed by atoms with Gasteiger partial charge in [0.2, 0.25) is 10.0 Å². The molecule has 156 valence electrons. The first-order valence-electron chi connectivity index (χ1n) is 9.15. The third-order valence-electron chi connectivity index (χ3n) is 4.60. The second kappa shape index (κ2) is 8.94. The SMILES string of the molecule is O=C(Nc1nc(-c2ccc(S(=O)(=O)N3CCOCC3)cc2)cs1)c1ccccc1Br. The van der Waals surface area contributed by atoms with E-state index in [0.29, 0.717) is 47.2 Å². The number of nitrogens with one attached hydrogen (secondary N) is 1. The monoisotopic (exact) mass is 507 g/mol. The topological polar surface area (TPSA) is 88.6 Å². The number of amides is 1. The van der Waals surface area contributed by atoms with E-state index < -0.39 is 10.0 Å². The fourth-order valence-electron chi connectivity index (χ4n) is 3.01. The van der Waals surface area contributed by atoms with Gasteiger partial charge in [-0.3, -0.25) is 10.1 Å². The largest absolute Gasteiger partial charge is 0.379 e. The summed E-state index contributed by atoms with van der Waals surface area (Å²) < 4.78 is 32.8. The average Bonchev–Trinajstić information content (AvgIpc) is 3.23. The van der Waals surface area contributed by atoms with E-state index >= 15 is 0 Å². The van der Waals surface area contributed by atoms with Gasteiger partial charge in [0.15, 0.2) is 5.13 Å². The highest BCUT2D eigenvalue weighted by Gasteiger charge is 2.26. The molecular weight excluding hydrogens is 490 g/mol. The molecule has 0 aliphatic carbocycles. The standard InChI is InChI=1S/C20H18BrN3O4S2/c21-17-4-2-1-3-16(17)19(25)23-20-22-18(13-29-20)14-5-7-15(8-6-14)30(26,27)24-9-11-28-12-10-24/h1-8,13H,9-12H2,(H,22,23,25). The lowest BCUT2D eigenvalue weighted by atomic mass is 10.2. The molecule has 1 aromatic heterocycles. The van der Waals surface area contributed by atoms with Crippen LogP contribution < -0.4 is 5.32 Å². The highest BCUT2D eigenvalue weighted by Crippen LogP contribution is 2.27. The smallest absolute Gasteiger partial charge is 0.258 e. The van der Waals surface area contributed by atoms with Crippen LogP contribution in [-0.2, 0) is 14.8 Å². The maximum absolute atomic E-state index is 12.7. The summed E-state index contributed by atoms with van der Waals surface area (Å²) in [7, 11) is -3.53. The first-order valence-corrected chi connectivity index (χ1v) is 12.3. The quantitative estimate of drug-likeness (QED) is 0.566. The second-order valence-electron chi connectivity index (χ2n) is 6.51. The summed E-state index contributed by atoms with van der Waals surface area (Å²) in [6.07, 6.45) is 0. The Bertz CT molecular complexity index is 1160. The van der Waals surface area contributed by atoms with E-state index in [1.54, 1.807) is 42.5 Å². The van der Waals surface area contributed by atoms with Gasteiger partial charge in [-0.05, 0) is 40.2 Å². The number of carbonyl (C=O) groups excluding carboxylic acids is 1. The van der Waals surface area contributed by atoms with Gasteiger partial charge in [-0.1, -0.05) is 24.3 Å². The number of halogens is 1. The van der Waals surface area contributed by atoms with Gasteiger partial charge >= 0.3 is 0 Å². The van der Waals surface area contributed by atoms with Crippen molar-refractivity contribution in [3.63, 3.8) is 0 Å². The maximum Gasteiger partial charge on any atom is 0.258 e. The Hall–Kier alpha value is -2.11. The summed E-state index contributed by atoms with van der Waals surface area (Å²) in [5.74, 6) is -0.254. The van der Waals surface area contributed by atoms with Crippen LogP contribution in [0.2, 0.25) is 0 Å². The summed E-state index contributed by atoms with van der Waals surface area (Å²) in [5.41, 5.74) is 1.96. The van der Waals surface area contributed by atoms with Gasteiger partial charge in [0.1, 0.15) is 0 Å². The van der Waals surface area contributed by atoms with Crippen molar-refractivity contribution in [2.75, 3.05) is 31.6 Å². The van der Waals surface area contributed by atoms with Gasteiger partial charge in [0, 0.05) is 28.5 Å². The van der Waals surface area contributed by atoms with Crippen LogP contribution in [-0.4, -0.2) is 49.9 Å². The molecule has 0 unspecified atom stereocenters. The van der Waals surface area contributed by atoms with Gasteiger partial charge in [-0.25, -0.2) is 13.4 Å². The Balaban J connectivity index is 1.48. The number of hydrogen-bond donors (Lipinski definition) is 1. The molecule has 0 saturated carbocycles. The van der Waals surface area contributed by atoms with Crippen LogP contribution in [0.5, 0.6) is 0 Å². The molecule has 1 aliphatic rings. The Morgan fingerprint density at radius 2 is 1.80 bits per heavy atom. The molecule has 0 atom stereocenters. The number of nitrogens with zero attached hydrogens (tertiary/aromatic N) is 2. The predicted molar refractivity (Wildman–Crippen MR) is 119 cm³/mol. The van der Waals surface area contributed by atoms with Crippen molar-refractivity contribution in [3.05, 3.63) is 63.9 Å². The zero-order valence-corrected chi connectivity index (χ0v) is 19.0. The number of aromatic nitrogens is 1. The summed E-state index contributed by atoms with van der Waals surface area (Å²) in [6.45, 7) is 1.53. The number of rotatable bonds is 5. The lowest BCUT2D eigenvalue weighted by Crippen LogP contribution is -2.40. The number of anilines is 1. The zero-order chi connectivity index (χ0) is 21.1. The molecule has 7 nitrogen and oxygen atoms in total. The van der Waals surface area contributed by atoms with Crippen molar-refractivity contribution in [3.8, 4) is 11.3 Å². The first-order chi connectivity index (χ1) is 14.4. The molecule has 1 aliphatic heterocycles. The highest BCUT2D eigenvalue weighted by atomic mass is 79.9. The summed E-state index contributed by atoms with van der Waals surface area (Å²) >= 11 is 4.67. The molecule has 10 heteroatoms. The maximum atomic E-state index is 12.7. The third-order valence-corrected chi connectivity index (χ3v) is 7.96. The van der Waals surface area contributed by atoms with E-state index in [0.717, 1.165) is 5.56 Å². The molecule has 0 bridgehead atoms. The van der Waals surface area contributed by atoms with Crippen molar-refractivity contribution in [1.29, 1.82) is 0 Å². The van der Waals surface area contributed by atoms with Crippen molar-refractivity contribution in [2.45, 2.75) is 4.90 Å². The zero-order valence-electron chi connectivity index (χ0n) is 15.7. The number of carbonyl (C=O) groups is 1. The van der Waals surface area contributed by atoms with Crippen LogP contribution in [0.4, 0.5) is 5.13 Å². The molecule has 4 rings (SSSR count). The van der Waals surface area contributed by atoms with Gasteiger partial charge in [0.25, 0.3) is 5.91 Å². The normalized spacial score (nSPS) is 15.1. The van der Waals surface area contributed by atoms with Gasteiger partial charge in [-0.2, -0.15) is 4.31 Å². The molecule has 1 N–H and O–H groups in total. The van der Waals surface area contributed by atoms with Crippen molar-refractivity contribution in [1.82, 2.24) is 9.29 Å². The molecule has 1 saturated heterocycles. The lowest BCUT2D eigenvalue weighted by molar-refractivity contribution is 0.0730. The average molecular weight is 508 g/mol. The first kappa shape index (κ1) is 21.1. The Kier molecular flexibility index (Phi) is 6.30. The van der Waals surface area contributed by atoms with Crippen LogP contribution in [0.1, 0.15) is 10.4 Å². The van der Waals surface area contributed by atoms with E-state index in [9.17, 15) is 13.2 Å². The second-order valence-corrected chi connectivity index (χ2v) is 10.2. The highest BCUT2D eigenvalue weighted by molar-refractivity contribution is 9.10. The summed E-state index contributed by atoms with van der Waals surface area (Å²) in [5, 5.41) is 5.08. The number of hydrogen-bond acceptors (Lipinski definition) is 6. The van der Waals surface area contributed by atoms with Crippen molar-refractivity contribution < 1.29 is 17.9 Å². The summed E-state index contributed by atoms with van der Waals surface area (Å²) in [4.78, 5) is 17.1. The van der Waals surface area contributed by atoms with Gasteiger partial charge in [0.05, 0.1) is 29.4 Å². The molecule has 3 aromatic rings. The fourth-order valence-corrected chi connectivity index (χ4v) is 5.59. The minimum absolute atomic E-state index is 0.242. The number of benzene rings is 2. The molecule has 30 heavy (non-hydrogen) atoms. The number of morpholine rings is 1.